The summed E-state index contributed by atoms with van der Waals surface area (Å²) in [7, 11) is 0. The van der Waals surface area contributed by atoms with Gasteiger partial charge in [-0.05, 0) is 25.5 Å². The van der Waals surface area contributed by atoms with Gasteiger partial charge in [0.25, 0.3) is 0 Å². The molecule has 0 spiro atoms. The Kier molecular flexibility index (Phi) is 4.19. The van der Waals surface area contributed by atoms with Crippen molar-refractivity contribution in [3.8, 4) is 0 Å². The number of fused-ring (bicyclic) bond motifs is 1. The first-order chi connectivity index (χ1) is 12.2. The van der Waals surface area contributed by atoms with E-state index in [0.717, 1.165) is 35.8 Å². The molecule has 2 N–H and O–H groups in total. The normalized spacial score (nSPS) is 20.8. The van der Waals surface area contributed by atoms with E-state index < -0.39 is 0 Å². The van der Waals surface area contributed by atoms with E-state index in [1.54, 1.807) is 6.33 Å². The molecule has 4 heterocycles. The van der Waals surface area contributed by atoms with E-state index >= 15 is 0 Å². The quantitative estimate of drug-likeness (QED) is 0.751. The van der Waals surface area contributed by atoms with Crippen LogP contribution in [0.2, 0.25) is 0 Å². The van der Waals surface area contributed by atoms with E-state index in [9.17, 15) is 0 Å². The van der Waals surface area contributed by atoms with E-state index in [1.165, 1.54) is 6.33 Å². The maximum atomic E-state index is 5.78. The van der Waals surface area contributed by atoms with E-state index in [4.69, 9.17) is 4.74 Å². The molecule has 0 radical (unpaired) electrons. The monoisotopic (exact) mass is 339 g/mol. The van der Waals surface area contributed by atoms with Crippen LogP contribution in [0.3, 0.4) is 0 Å². The van der Waals surface area contributed by atoms with E-state index in [0.29, 0.717) is 12.2 Å². The molecule has 4 rings (SSSR count). The van der Waals surface area contributed by atoms with Crippen molar-refractivity contribution in [1.29, 1.82) is 0 Å². The van der Waals surface area contributed by atoms with Gasteiger partial charge >= 0.3 is 0 Å². The molecule has 1 saturated heterocycles. The Bertz CT molecular complexity index is 838. The number of hydrogen-bond acceptors (Lipinski definition) is 7. The van der Waals surface area contributed by atoms with Crippen LogP contribution in [0.4, 0.5) is 11.6 Å². The average Bonchev–Trinajstić information content (AvgIpc) is 3.09. The summed E-state index contributed by atoms with van der Waals surface area (Å²) >= 11 is 0. The molecule has 3 aromatic rings. The highest BCUT2D eigenvalue weighted by molar-refractivity contribution is 5.81. The number of aromatic amines is 1. The second-order valence-corrected chi connectivity index (χ2v) is 6.36. The summed E-state index contributed by atoms with van der Waals surface area (Å²) in [5.74, 6) is 1.73. The van der Waals surface area contributed by atoms with Crippen molar-refractivity contribution >= 4 is 22.8 Å². The van der Waals surface area contributed by atoms with Crippen LogP contribution in [0.25, 0.3) is 11.2 Å². The zero-order valence-corrected chi connectivity index (χ0v) is 14.3. The number of pyridine rings is 1. The van der Waals surface area contributed by atoms with Crippen LogP contribution in [-0.4, -0.2) is 50.2 Å². The van der Waals surface area contributed by atoms with Gasteiger partial charge in [0.05, 0.1) is 18.5 Å². The predicted octanol–water partition coefficient (Wildman–Crippen LogP) is 1.97. The van der Waals surface area contributed by atoms with Crippen LogP contribution in [0.1, 0.15) is 19.4 Å². The molecule has 130 valence electrons. The molecule has 0 saturated carbocycles. The summed E-state index contributed by atoms with van der Waals surface area (Å²) in [6.45, 7) is 6.56. The number of anilines is 2. The van der Waals surface area contributed by atoms with Gasteiger partial charge in [-0.3, -0.25) is 0 Å². The lowest BCUT2D eigenvalue weighted by atomic mass is 10.2. The summed E-state index contributed by atoms with van der Waals surface area (Å²) in [6, 6.07) is 4.15. The van der Waals surface area contributed by atoms with Gasteiger partial charge < -0.3 is 19.9 Å². The van der Waals surface area contributed by atoms with Gasteiger partial charge in [0.1, 0.15) is 17.7 Å². The van der Waals surface area contributed by atoms with Crippen molar-refractivity contribution < 1.29 is 4.74 Å². The number of rotatable bonds is 4. The molecule has 2 atom stereocenters. The second-order valence-electron chi connectivity index (χ2n) is 6.36. The Morgan fingerprint density at radius 1 is 1.16 bits per heavy atom. The van der Waals surface area contributed by atoms with E-state index in [1.807, 2.05) is 6.20 Å². The van der Waals surface area contributed by atoms with Crippen LogP contribution < -0.4 is 10.2 Å². The van der Waals surface area contributed by atoms with Crippen molar-refractivity contribution in [2.45, 2.75) is 32.6 Å². The first-order valence-corrected chi connectivity index (χ1v) is 8.42. The molecule has 0 bridgehead atoms. The molecule has 1 fully saturated rings. The summed E-state index contributed by atoms with van der Waals surface area (Å²) in [5.41, 5.74) is 2.55. The van der Waals surface area contributed by atoms with Crippen molar-refractivity contribution in [3.63, 3.8) is 0 Å². The van der Waals surface area contributed by atoms with Gasteiger partial charge in [0, 0.05) is 25.8 Å². The molecule has 0 aliphatic carbocycles. The number of imidazole rings is 1. The van der Waals surface area contributed by atoms with Gasteiger partial charge in [0.2, 0.25) is 0 Å². The standard InChI is InChI=1S/C17H21N7O/c1-11-7-24(8-12(2)25-11)14-4-3-13(5-18-14)6-19-16-15-17(21-9-20-15)23-10-22-16/h3-5,9-12H,6-8H2,1-2H3,(H2,19,20,21,22,23). The van der Waals surface area contributed by atoms with Gasteiger partial charge in [0.15, 0.2) is 11.5 Å². The number of ether oxygens (including phenoxy) is 1. The lowest BCUT2D eigenvalue weighted by Crippen LogP contribution is -2.45. The Morgan fingerprint density at radius 3 is 2.76 bits per heavy atom. The minimum absolute atomic E-state index is 0.224. The molecule has 2 unspecified atom stereocenters. The lowest BCUT2D eigenvalue weighted by molar-refractivity contribution is -0.00545. The maximum Gasteiger partial charge on any atom is 0.182 e. The SMILES string of the molecule is CC1CN(c2ccc(CNc3ncnc4nc[nH]c34)cn2)CC(C)O1. The van der Waals surface area contributed by atoms with Crippen molar-refractivity contribution in [2.75, 3.05) is 23.3 Å². The predicted molar refractivity (Wildman–Crippen MR) is 95.5 cm³/mol. The van der Waals surface area contributed by atoms with Crippen LogP contribution >= 0.6 is 0 Å². The molecule has 25 heavy (non-hydrogen) atoms. The maximum absolute atomic E-state index is 5.78. The Balaban J connectivity index is 1.43. The van der Waals surface area contributed by atoms with Crippen molar-refractivity contribution in [3.05, 3.63) is 36.5 Å². The number of H-pyrrole nitrogens is 1. The number of morpholine rings is 1. The third kappa shape index (κ3) is 3.39. The third-order valence-corrected chi connectivity index (χ3v) is 4.24. The molecular formula is C17H21N7O. The first-order valence-electron chi connectivity index (χ1n) is 8.42. The van der Waals surface area contributed by atoms with Gasteiger partial charge in [-0.15, -0.1) is 0 Å². The first kappa shape index (κ1) is 15.8. The van der Waals surface area contributed by atoms with Crippen LogP contribution in [-0.2, 0) is 11.3 Å². The Labute approximate surface area is 145 Å². The minimum Gasteiger partial charge on any atom is -0.372 e. The fourth-order valence-electron chi connectivity index (χ4n) is 3.16. The smallest absolute Gasteiger partial charge is 0.182 e. The molecule has 3 aromatic heterocycles. The fourth-order valence-corrected chi connectivity index (χ4v) is 3.16. The molecule has 0 aromatic carbocycles. The number of nitrogens with one attached hydrogen (secondary N) is 2. The van der Waals surface area contributed by atoms with Crippen LogP contribution in [0.5, 0.6) is 0 Å². The summed E-state index contributed by atoms with van der Waals surface area (Å²) in [5, 5.41) is 3.31. The van der Waals surface area contributed by atoms with Crippen LogP contribution in [0.15, 0.2) is 31.0 Å². The van der Waals surface area contributed by atoms with Gasteiger partial charge in [-0.1, -0.05) is 6.07 Å². The highest BCUT2D eigenvalue weighted by atomic mass is 16.5. The molecule has 8 heteroatoms. The molecular weight excluding hydrogens is 318 g/mol. The highest BCUT2D eigenvalue weighted by Crippen LogP contribution is 2.19. The largest absolute Gasteiger partial charge is 0.372 e. The average molecular weight is 339 g/mol. The van der Waals surface area contributed by atoms with E-state index in [-0.39, 0.29) is 12.2 Å². The van der Waals surface area contributed by atoms with Gasteiger partial charge in [-0.2, -0.15) is 0 Å². The Morgan fingerprint density at radius 2 is 2.00 bits per heavy atom. The fraction of sp³-hybridized carbons (Fsp3) is 0.412. The van der Waals surface area contributed by atoms with E-state index in [2.05, 4.69) is 61.1 Å². The molecule has 0 amide bonds. The van der Waals surface area contributed by atoms with Crippen LogP contribution in [0, 0.1) is 0 Å². The Hall–Kier alpha value is -2.74. The summed E-state index contributed by atoms with van der Waals surface area (Å²) < 4.78 is 5.78. The highest BCUT2D eigenvalue weighted by Gasteiger charge is 2.22. The summed E-state index contributed by atoms with van der Waals surface area (Å²) in [4.78, 5) is 22.4. The van der Waals surface area contributed by atoms with Crippen molar-refractivity contribution in [2.24, 2.45) is 0 Å². The lowest BCUT2D eigenvalue weighted by Gasteiger charge is -2.36. The molecule has 1 aliphatic heterocycles. The zero-order chi connectivity index (χ0) is 17.2. The number of aromatic nitrogens is 5. The topological polar surface area (TPSA) is 91.8 Å². The third-order valence-electron chi connectivity index (χ3n) is 4.24. The minimum atomic E-state index is 0.224. The van der Waals surface area contributed by atoms with Crippen molar-refractivity contribution in [1.82, 2.24) is 24.9 Å². The summed E-state index contributed by atoms with van der Waals surface area (Å²) in [6.07, 6.45) is 5.47. The van der Waals surface area contributed by atoms with Gasteiger partial charge in [-0.25, -0.2) is 19.9 Å². The number of hydrogen-bond donors (Lipinski definition) is 2. The molecule has 1 aliphatic rings. The molecule has 8 nitrogen and oxygen atoms in total. The number of nitrogens with zero attached hydrogens (tertiary/aromatic N) is 5. The zero-order valence-electron chi connectivity index (χ0n) is 14.3. The second kappa shape index (κ2) is 6.64.